The van der Waals surface area contributed by atoms with Crippen molar-refractivity contribution in [2.75, 3.05) is 0 Å². The minimum Gasteiger partial charge on any atom is -0.327 e. The molecule has 0 saturated heterocycles. The fraction of sp³-hybridized carbons (Fsp3) is 1.00. The lowest BCUT2D eigenvalue weighted by Crippen LogP contribution is -2.53. The summed E-state index contributed by atoms with van der Waals surface area (Å²) in [6.45, 7) is 5.88. The van der Waals surface area contributed by atoms with Gasteiger partial charge in [-0.1, -0.05) is 33.6 Å². The molecule has 2 fully saturated rings. The topological polar surface area (TPSA) is 52.0 Å². The molecule has 4 heteroatoms. The molecule has 0 bridgehead atoms. The Morgan fingerprint density at radius 1 is 0.955 bits per heavy atom. The van der Waals surface area contributed by atoms with Gasteiger partial charge in [0.25, 0.3) is 5.92 Å². The summed E-state index contributed by atoms with van der Waals surface area (Å²) in [6, 6.07) is -0.164. The van der Waals surface area contributed by atoms with Crippen LogP contribution in [0.3, 0.4) is 0 Å². The second-order valence-electron chi connectivity index (χ2n) is 8.21. The third-order valence-electron chi connectivity index (χ3n) is 6.28. The van der Waals surface area contributed by atoms with Crippen LogP contribution in [0.15, 0.2) is 0 Å². The highest BCUT2D eigenvalue weighted by molar-refractivity contribution is 4.97. The molecule has 6 unspecified atom stereocenters. The van der Waals surface area contributed by atoms with Crippen molar-refractivity contribution >= 4 is 0 Å². The minimum absolute atomic E-state index is 0.0694. The molecule has 6 atom stereocenters. The molecular formula is C18H34F2N2. The van der Waals surface area contributed by atoms with Gasteiger partial charge in [-0.2, -0.15) is 0 Å². The van der Waals surface area contributed by atoms with Gasteiger partial charge in [-0.3, -0.25) is 0 Å². The lowest BCUT2D eigenvalue weighted by Gasteiger charge is -2.45. The third kappa shape index (κ3) is 3.64. The van der Waals surface area contributed by atoms with Gasteiger partial charge >= 0.3 is 0 Å². The molecule has 0 aromatic rings. The molecule has 2 saturated carbocycles. The SMILES string of the molecule is CC(C)C1C(N)CCC(CC(C)C2CCCCC2N)C1(F)F. The van der Waals surface area contributed by atoms with E-state index in [2.05, 4.69) is 6.92 Å². The first kappa shape index (κ1) is 18.1. The third-order valence-corrected chi connectivity index (χ3v) is 6.28. The van der Waals surface area contributed by atoms with Crippen molar-refractivity contribution in [3.8, 4) is 0 Å². The zero-order valence-corrected chi connectivity index (χ0v) is 14.4. The Morgan fingerprint density at radius 3 is 2.18 bits per heavy atom. The van der Waals surface area contributed by atoms with E-state index in [-0.39, 0.29) is 23.9 Å². The van der Waals surface area contributed by atoms with Crippen molar-refractivity contribution in [2.24, 2.45) is 41.1 Å². The normalized spacial score (nSPS) is 40.6. The van der Waals surface area contributed by atoms with Crippen LogP contribution in [0.25, 0.3) is 0 Å². The monoisotopic (exact) mass is 316 g/mol. The summed E-state index contributed by atoms with van der Waals surface area (Å²) in [6.07, 6.45) is 6.43. The van der Waals surface area contributed by atoms with E-state index in [0.29, 0.717) is 18.8 Å². The van der Waals surface area contributed by atoms with Crippen LogP contribution in [0.4, 0.5) is 8.78 Å². The fourth-order valence-electron chi connectivity index (χ4n) is 5.06. The smallest absolute Gasteiger partial charge is 0.255 e. The first-order valence-corrected chi connectivity index (χ1v) is 9.14. The molecule has 0 spiro atoms. The van der Waals surface area contributed by atoms with Crippen LogP contribution < -0.4 is 11.5 Å². The highest BCUT2D eigenvalue weighted by atomic mass is 19.3. The Morgan fingerprint density at radius 2 is 1.59 bits per heavy atom. The number of rotatable bonds is 4. The average Bonchev–Trinajstić information content (AvgIpc) is 2.41. The largest absolute Gasteiger partial charge is 0.327 e. The Hall–Kier alpha value is -0.220. The van der Waals surface area contributed by atoms with Gasteiger partial charge in [-0.25, -0.2) is 8.78 Å². The molecule has 130 valence electrons. The van der Waals surface area contributed by atoms with E-state index in [1.165, 1.54) is 12.8 Å². The maximum absolute atomic E-state index is 14.9. The Kier molecular flexibility index (Phi) is 5.87. The first-order chi connectivity index (χ1) is 10.2. The average molecular weight is 316 g/mol. The molecular weight excluding hydrogens is 282 g/mol. The van der Waals surface area contributed by atoms with Crippen LogP contribution in [0.5, 0.6) is 0 Å². The molecule has 22 heavy (non-hydrogen) atoms. The standard InChI is InChI=1S/C18H34F2N2/c1-11(2)17-16(22)9-8-13(18(17,19)20)10-12(3)14-6-4-5-7-15(14)21/h11-17H,4-10,21-22H2,1-3H3. The number of hydrogen-bond acceptors (Lipinski definition) is 2. The molecule has 2 nitrogen and oxygen atoms in total. The van der Waals surface area contributed by atoms with Gasteiger partial charge in [0, 0.05) is 23.9 Å². The molecule has 0 radical (unpaired) electrons. The van der Waals surface area contributed by atoms with Crippen molar-refractivity contribution in [2.45, 2.75) is 83.7 Å². The molecule has 0 heterocycles. The molecule has 2 rings (SSSR count). The van der Waals surface area contributed by atoms with Gasteiger partial charge in [-0.15, -0.1) is 0 Å². The summed E-state index contributed by atoms with van der Waals surface area (Å²) in [5.74, 6) is -3.22. The summed E-state index contributed by atoms with van der Waals surface area (Å²) in [7, 11) is 0. The van der Waals surface area contributed by atoms with Crippen LogP contribution >= 0.6 is 0 Å². The maximum Gasteiger partial charge on any atom is 0.255 e. The molecule has 2 aliphatic carbocycles. The zero-order valence-electron chi connectivity index (χ0n) is 14.4. The predicted octanol–water partition coefficient (Wildman–Crippen LogP) is 4.17. The van der Waals surface area contributed by atoms with Crippen molar-refractivity contribution in [1.29, 1.82) is 0 Å². The van der Waals surface area contributed by atoms with Gasteiger partial charge in [0.05, 0.1) is 0 Å². The van der Waals surface area contributed by atoms with Crippen molar-refractivity contribution < 1.29 is 8.78 Å². The highest BCUT2D eigenvalue weighted by Gasteiger charge is 2.53. The van der Waals surface area contributed by atoms with Crippen molar-refractivity contribution in [1.82, 2.24) is 0 Å². The molecule has 4 N–H and O–H groups in total. The molecule has 0 aromatic heterocycles. The van der Waals surface area contributed by atoms with Crippen LogP contribution in [0, 0.1) is 29.6 Å². The van der Waals surface area contributed by atoms with Crippen LogP contribution in [0.2, 0.25) is 0 Å². The van der Waals surface area contributed by atoms with E-state index in [9.17, 15) is 8.78 Å². The van der Waals surface area contributed by atoms with Gasteiger partial charge in [-0.05, 0) is 49.9 Å². The van der Waals surface area contributed by atoms with E-state index < -0.39 is 17.8 Å². The second kappa shape index (κ2) is 7.12. The quantitative estimate of drug-likeness (QED) is 0.817. The second-order valence-corrected chi connectivity index (χ2v) is 8.21. The Bertz CT molecular complexity index is 359. The minimum atomic E-state index is -2.64. The Labute approximate surface area is 134 Å². The number of hydrogen-bond donors (Lipinski definition) is 2. The van der Waals surface area contributed by atoms with Crippen LogP contribution in [0.1, 0.15) is 65.7 Å². The van der Waals surface area contributed by atoms with Crippen LogP contribution in [-0.2, 0) is 0 Å². The summed E-state index contributed by atoms with van der Waals surface area (Å²) in [5, 5.41) is 0. The van der Waals surface area contributed by atoms with Gasteiger partial charge in [0.2, 0.25) is 0 Å². The highest BCUT2D eigenvalue weighted by Crippen LogP contribution is 2.49. The predicted molar refractivity (Wildman–Crippen MR) is 87.7 cm³/mol. The van der Waals surface area contributed by atoms with Crippen molar-refractivity contribution in [3.05, 3.63) is 0 Å². The van der Waals surface area contributed by atoms with Gasteiger partial charge < -0.3 is 11.5 Å². The molecule has 2 aliphatic rings. The number of halogens is 2. The number of alkyl halides is 2. The lowest BCUT2D eigenvalue weighted by molar-refractivity contribution is -0.158. The summed E-state index contributed by atoms with van der Waals surface area (Å²) < 4.78 is 29.9. The van der Waals surface area contributed by atoms with Crippen LogP contribution in [-0.4, -0.2) is 18.0 Å². The molecule has 0 aromatic carbocycles. The summed E-state index contributed by atoms with van der Waals surface area (Å²) in [4.78, 5) is 0. The molecule has 0 aliphatic heterocycles. The van der Waals surface area contributed by atoms with Gasteiger partial charge in [0.1, 0.15) is 0 Å². The Balaban J connectivity index is 2.04. The maximum atomic E-state index is 14.9. The summed E-state index contributed by atoms with van der Waals surface area (Å²) >= 11 is 0. The van der Waals surface area contributed by atoms with Gasteiger partial charge in [0.15, 0.2) is 0 Å². The van der Waals surface area contributed by atoms with E-state index in [0.717, 1.165) is 19.3 Å². The number of nitrogens with two attached hydrogens (primary N) is 2. The van der Waals surface area contributed by atoms with E-state index in [1.807, 2.05) is 13.8 Å². The van der Waals surface area contributed by atoms with Crippen molar-refractivity contribution in [3.63, 3.8) is 0 Å². The summed E-state index contributed by atoms with van der Waals surface area (Å²) in [5.41, 5.74) is 12.3. The van der Waals surface area contributed by atoms with E-state index >= 15 is 0 Å². The zero-order chi connectivity index (χ0) is 16.5. The fourth-order valence-corrected chi connectivity index (χ4v) is 5.06. The lowest BCUT2D eigenvalue weighted by atomic mass is 9.66. The first-order valence-electron chi connectivity index (χ1n) is 9.14. The molecule has 0 amide bonds. The van der Waals surface area contributed by atoms with E-state index in [4.69, 9.17) is 11.5 Å². The van der Waals surface area contributed by atoms with E-state index in [1.54, 1.807) is 0 Å².